The van der Waals surface area contributed by atoms with Gasteiger partial charge in [0.15, 0.2) is 0 Å². The van der Waals surface area contributed by atoms with Crippen LogP contribution in [-0.2, 0) is 6.54 Å². The lowest BCUT2D eigenvalue weighted by atomic mass is 10.1. The van der Waals surface area contributed by atoms with Crippen molar-refractivity contribution in [2.75, 3.05) is 5.32 Å². The summed E-state index contributed by atoms with van der Waals surface area (Å²) in [5.41, 5.74) is 3.47. The van der Waals surface area contributed by atoms with Crippen molar-refractivity contribution in [1.29, 1.82) is 0 Å². The standard InChI is InChI=1S/C15H13N5OS/c21-15(17-9-11-2-1-7-16-8-11)18-13-5-3-12(4-6-13)14-10-22-20-19-14/h1-8,10H,9H2,(H2,17,18,21). The molecule has 3 aromatic rings. The zero-order valence-corrected chi connectivity index (χ0v) is 12.4. The van der Waals surface area contributed by atoms with Crippen LogP contribution >= 0.6 is 11.5 Å². The fraction of sp³-hybridized carbons (Fsp3) is 0.0667. The summed E-state index contributed by atoms with van der Waals surface area (Å²) in [5.74, 6) is 0. The van der Waals surface area contributed by atoms with Crippen molar-refractivity contribution in [3.8, 4) is 11.3 Å². The second-order valence-corrected chi connectivity index (χ2v) is 5.15. The zero-order chi connectivity index (χ0) is 15.2. The van der Waals surface area contributed by atoms with E-state index in [1.807, 2.05) is 41.8 Å². The minimum atomic E-state index is -0.257. The summed E-state index contributed by atoms with van der Waals surface area (Å²) in [6, 6.07) is 10.9. The normalized spacial score (nSPS) is 10.2. The van der Waals surface area contributed by atoms with Gasteiger partial charge in [0.1, 0.15) is 5.69 Å². The molecule has 2 amide bonds. The molecular weight excluding hydrogens is 298 g/mol. The Kier molecular flexibility index (Phi) is 4.35. The van der Waals surface area contributed by atoms with Crippen LogP contribution in [0.5, 0.6) is 0 Å². The highest BCUT2D eigenvalue weighted by molar-refractivity contribution is 7.03. The first kappa shape index (κ1) is 14.2. The first-order chi connectivity index (χ1) is 10.8. The number of rotatable bonds is 4. The molecule has 1 aromatic carbocycles. The van der Waals surface area contributed by atoms with E-state index in [2.05, 4.69) is 25.2 Å². The van der Waals surface area contributed by atoms with Gasteiger partial charge in [0.05, 0.1) is 0 Å². The first-order valence-electron chi connectivity index (χ1n) is 6.62. The van der Waals surface area contributed by atoms with E-state index in [1.54, 1.807) is 12.4 Å². The number of carbonyl (C=O) groups excluding carboxylic acids is 1. The number of anilines is 1. The predicted molar refractivity (Wildman–Crippen MR) is 85.4 cm³/mol. The van der Waals surface area contributed by atoms with Gasteiger partial charge in [-0.1, -0.05) is 22.7 Å². The van der Waals surface area contributed by atoms with Gasteiger partial charge in [-0.3, -0.25) is 4.98 Å². The molecule has 0 saturated carbocycles. The summed E-state index contributed by atoms with van der Waals surface area (Å²) in [5, 5.41) is 11.4. The summed E-state index contributed by atoms with van der Waals surface area (Å²) in [7, 11) is 0. The quantitative estimate of drug-likeness (QED) is 0.776. The molecule has 0 fully saturated rings. The topological polar surface area (TPSA) is 79.8 Å². The third kappa shape index (κ3) is 3.64. The van der Waals surface area contributed by atoms with E-state index < -0.39 is 0 Å². The van der Waals surface area contributed by atoms with Crippen molar-refractivity contribution in [1.82, 2.24) is 19.9 Å². The molecule has 3 rings (SSSR count). The van der Waals surface area contributed by atoms with E-state index in [-0.39, 0.29) is 6.03 Å². The molecule has 7 heteroatoms. The minimum absolute atomic E-state index is 0.257. The predicted octanol–water partition coefficient (Wildman–Crippen LogP) is 2.92. The van der Waals surface area contributed by atoms with Crippen LogP contribution in [-0.4, -0.2) is 20.6 Å². The molecular formula is C15H13N5OS. The number of pyridine rings is 1. The number of hydrogen-bond donors (Lipinski definition) is 2. The molecule has 22 heavy (non-hydrogen) atoms. The Bertz CT molecular complexity index is 728. The van der Waals surface area contributed by atoms with Gasteiger partial charge in [0.25, 0.3) is 0 Å². The molecule has 0 atom stereocenters. The number of nitrogens with one attached hydrogen (secondary N) is 2. The number of carbonyl (C=O) groups is 1. The van der Waals surface area contributed by atoms with Crippen LogP contribution < -0.4 is 10.6 Å². The van der Waals surface area contributed by atoms with E-state index in [0.717, 1.165) is 22.5 Å². The smallest absolute Gasteiger partial charge is 0.319 e. The number of benzene rings is 1. The lowest BCUT2D eigenvalue weighted by Crippen LogP contribution is -2.28. The molecule has 0 radical (unpaired) electrons. The maximum atomic E-state index is 11.8. The van der Waals surface area contributed by atoms with Gasteiger partial charge in [-0.15, -0.1) is 5.10 Å². The van der Waals surface area contributed by atoms with Crippen LogP contribution in [0.4, 0.5) is 10.5 Å². The van der Waals surface area contributed by atoms with E-state index in [4.69, 9.17) is 0 Å². The van der Waals surface area contributed by atoms with Crippen LogP contribution in [0.1, 0.15) is 5.56 Å². The molecule has 0 spiro atoms. The highest BCUT2D eigenvalue weighted by Gasteiger charge is 2.04. The third-order valence-corrected chi connectivity index (χ3v) is 3.48. The van der Waals surface area contributed by atoms with Gasteiger partial charge in [-0.05, 0) is 35.3 Å². The summed E-state index contributed by atoms with van der Waals surface area (Å²) in [6.07, 6.45) is 3.42. The van der Waals surface area contributed by atoms with Gasteiger partial charge < -0.3 is 10.6 Å². The van der Waals surface area contributed by atoms with Crippen molar-refractivity contribution < 1.29 is 4.79 Å². The maximum Gasteiger partial charge on any atom is 0.319 e. The number of hydrogen-bond acceptors (Lipinski definition) is 5. The molecule has 6 nitrogen and oxygen atoms in total. The number of nitrogens with zero attached hydrogens (tertiary/aromatic N) is 3. The Hall–Kier alpha value is -2.80. The minimum Gasteiger partial charge on any atom is -0.334 e. The van der Waals surface area contributed by atoms with E-state index in [1.165, 1.54) is 11.5 Å². The largest absolute Gasteiger partial charge is 0.334 e. The Morgan fingerprint density at radius 2 is 2.05 bits per heavy atom. The average Bonchev–Trinajstić information content (AvgIpc) is 3.09. The molecule has 2 aromatic heterocycles. The summed E-state index contributed by atoms with van der Waals surface area (Å²) in [6.45, 7) is 0.433. The Morgan fingerprint density at radius 1 is 1.18 bits per heavy atom. The van der Waals surface area contributed by atoms with Gasteiger partial charge in [-0.2, -0.15) is 0 Å². The second-order valence-electron chi connectivity index (χ2n) is 4.54. The van der Waals surface area contributed by atoms with E-state index in [0.29, 0.717) is 6.54 Å². The van der Waals surface area contributed by atoms with Crippen molar-refractivity contribution in [3.05, 3.63) is 59.7 Å². The monoisotopic (exact) mass is 311 g/mol. The SMILES string of the molecule is O=C(NCc1cccnc1)Nc1ccc(-c2csnn2)cc1. The second kappa shape index (κ2) is 6.77. The molecule has 0 aliphatic carbocycles. The van der Waals surface area contributed by atoms with Crippen molar-refractivity contribution in [2.24, 2.45) is 0 Å². The average molecular weight is 311 g/mol. The molecule has 2 N–H and O–H groups in total. The molecule has 0 aliphatic heterocycles. The Balaban J connectivity index is 1.55. The summed E-state index contributed by atoms with van der Waals surface area (Å²) >= 11 is 1.31. The van der Waals surface area contributed by atoms with Crippen LogP contribution in [0.2, 0.25) is 0 Å². The molecule has 2 heterocycles. The lowest BCUT2D eigenvalue weighted by molar-refractivity contribution is 0.251. The maximum absolute atomic E-state index is 11.8. The van der Waals surface area contributed by atoms with Crippen molar-refractivity contribution in [2.45, 2.75) is 6.54 Å². The molecule has 0 bridgehead atoms. The van der Waals surface area contributed by atoms with Gasteiger partial charge in [0.2, 0.25) is 0 Å². The first-order valence-corrected chi connectivity index (χ1v) is 7.46. The van der Waals surface area contributed by atoms with Gasteiger partial charge >= 0.3 is 6.03 Å². The number of amides is 2. The zero-order valence-electron chi connectivity index (χ0n) is 11.6. The Labute approximate surface area is 131 Å². The number of urea groups is 1. The van der Waals surface area contributed by atoms with Crippen molar-refractivity contribution >= 4 is 23.3 Å². The third-order valence-electron chi connectivity index (χ3n) is 2.97. The van der Waals surface area contributed by atoms with Gasteiger partial charge in [0, 0.05) is 35.6 Å². The summed E-state index contributed by atoms with van der Waals surface area (Å²) in [4.78, 5) is 15.8. The van der Waals surface area contributed by atoms with E-state index >= 15 is 0 Å². The highest BCUT2D eigenvalue weighted by atomic mass is 32.1. The Morgan fingerprint density at radius 3 is 2.73 bits per heavy atom. The van der Waals surface area contributed by atoms with E-state index in [9.17, 15) is 4.79 Å². The van der Waals surface area contributed by atoms with Crippen LogP contribution in [0.25, 0.3) is 11.3 Å². The van der Waals surface area contributed by atoms with Gasteiger partial charge in [-0.25, -0.2) is 4.79 Å². The van der Waals surface area contributed by atoms with Crippen molar-refractivity contribution in [3.63, 3.8) is 0 Å². The lowest BCUT2D eigenvalue weighted by Gasteiger charge is -2.08. The number of aromatic nitrogens is 3. The van der Waals surface area contributed by atoms with Crippen LogP contribution in [0.3, 0.4) is 0 Å². The van der Waals surface area contributed by atoms with Crippen LogP contribution in [0, 0.1) is 0 Å². The fourth-order valence-corrected chi connectivity index (χ4v) is 2.34. The molecule has 0 aliphatic rings. The highest BCUT2D eigenvalue weighted by Crippen LogP contribution is 2.19. The molecule has 0 saturated heterocycles. The summed E-state index contributed by atoms with van der Waals surface area (Å²) < 4.78 is 3.83. The molecule has 0 unspecified atom stereocenters. The van der Waals surface area contributed by atoms with Crippen LogP contribution in [0.15, 0.2) is 54.2 Å². The fourth-order valence-electron chi connectivity index (χ4n) is 1.88. The molecule has 110 valence electrons.